The van der Waals surface area contributed by atoms with Gasteiger partial charge in [0, 0.05) is 12.1 Å². The summed E-state index contributed by atoms with van der Waals surface area (Å²) in [5.41, 5.74) is 0. The van der Waals surface area contributed by atoms with Crippen molar-refractivity contribution >= 4 is 10.5 Å². The molecule has 16 heavy (non-hydrogen) atoms. The van der Waals surface area contributed by atoms with Crippen LogP contribution >= 0.6 is 0 Å². The summed E-state index contributed by atoms with van der Waals surface area (Å²) >= 11 is 0. The van der Waals surface area contributed by atoms with Crippen molar-refractivity contribution < 1.29 is 13.9 Å². The molecule has 0 bridgehead atoms. The molecule has 98 valence electrons. The normalized spacial score (nSPS) is 13.3. The summed E-state index contributed by atoms with van der Waals surface area (Å²) in [5.74, 6) is 0. The third-order valence-electron chi connectivity index (χ3n) is 2.34. The summed E-state index contributed by atoms with van der Waals surface area (Å²) in [7, 11) is 0.572. The van der Waals surface area contributed by atoms with Gasteiger partial charge in [-0.05, 0) is 41.5 Å². The lowest BCUT2D eigenvalue weighted by Crippen LogP contribution is -2.60. The van der Waals surface area contributed by atoms with E-state index in [1.807, 2.05) is 13.8 Å². The Kier molecular flexibility index (Phi) is 7.42. The maximum atomic E-state index is 5.72. The summed E-state index contributed by atoms with van der Waals surface area (Å²) < 4.78 is 17.1. The number of hydrogen-bond donors (Lipinski definition) is 0. The Bertz CT molecular complexity index is 174. The van der Waals surface area contributed by atoms with E-state index in [1.54, 1.807) is 0 Å². The zero-order valence-electron chi connectivity index (χ0n) is 11.7. The molecule has 0 atom stereocenters. The first-order chi connectivity index (χ1) is 7.45. The smallest absolute Gasteiger partial charge is 0.343 e. The Labute approximate surface area is 103 Å². The Morgan fingerprint density at radius 1 is 1.00 bits per heavy atom. The molecule has 0 aliphatic rings. The molecule has 0 aliphatic heterocycles. The number of hydrogen-bond acceptors (Lipinski definition) is 4. The SMILES string of the molecule is CCOC(O[SiH3])(OCC)N(C(C)C)C(C)C. The van der Waals surface area contributed by atoms with Crippen molar-refractivity contribution in [3.8, 4) is 0 Å². The van der Waals surface area contributed by atoms with Gasteiger partial charge in [0.15, 0.2) is 10.5 Å². The van der Waals surface area contributed by atoms with Crippen LogP contribution in [0.2, 0.25) is 0 Å². The molecule has 0 N–H and O–H groups in total. The predicted molar refractivity (Wildman–Crippen MR) is 69.1 cm³/mol. The molecule has 0 amide bonds. The third-order valence-corrected chi connectivity index (χ3v) is 2.86. The van der Waals surface area contributed by atoms with Crippen LogP contribution in [0.25, 0.3) is 0 Å². The van der Waals surface area contributed by atoms with Gasteiger partial charge in [0.25, 0.3) is 0 Å². The second-order valence-electron chi connectivity index (χ2n) is 4.19. The molecule has 0 spiro atoms. The van der Waals surface area contributed by atoms with Crippen LogP contribution in [0, 0.1) is 0 Å². The fourth-order valence-electron chi connectivity index (χ4n) is 2.01. The minimum absolute atomic E-state index is 0.298. The highest BCUT2D eigenvalue weighted by atomic mass is 28.2. The van der Waals surface area contributed by atoms with E-state index in [0.717, 1.165) is 0 Å². The molecule has 4 nitrogen and oxygen atoms in total. The van der Waals surface area contributed by atoms with E-state index in [4.69, 9.17) is 13.9 Å². The lowest BCUT2D eigenvalue weighted by atomic mass is 10.2. The summed E-state index contributed by atoms with van der Waals surface area (Å²) in [6, 6.07) is 0.596. The van der Waals surface area contributed by atoms with Crippen molar-refractivity contribution in [2.75, 3.05) is 13.2 Å². The van der Waals surface area contributed by atoms with Crippen LogP contribution < -0.4 is 0 Å². The lowest BCUT2D eigenvalue weighted by Gasteiger charge is -2.45. The fourth-order valence-corrected chi connectivity index (χ4v) is 2.45. The first kappa shape index (κ1) is 16.1. The fraction of sp³-hybridized carbons (Fsp3) is 1.00. The molecule has 0 saturated carbocycles. The summed E-state index contributed by atoms with van der Waals surface area (Å²) in [6.07, 6.45) is -1.00. The van der Waals surface area contributed by atoms with Gasteiger partial charge in [-0.15, -0.1) is 0 Å². The molecule has 0 aromatic carbocycles. The van der Waals surface area contributed by atoms with Gasteiger partial charge in [0.05, 0.1) is 13.2 Å². The summed E-state index contributed by atoms with van der Waals surface area (Å²) in [5, 5.41) is 0. The quantitative estimate of drug-likeness (QED) is 0.476. The minimum Gasteiger partial charge on any atom is -0.367 e. The van der Waals surface area contributed by atoms with Crippen LogP contribution in [0.4, 0.5) is 0 Å². The van der Waals surface area contributed by atoms with Crippen molar-refractivity contribution in [3.05, 3.63) is 0 Å². The topological polar surface area (TPSA) is 30.9 Å². The van der Waals surface area contributed by atoms with Crippen LogP contribution in [0.3, 0.4) is 0 Å². The first-order valence-electron chi connectivity index (χ1n) is 6.06. The highest BCUT2D eigenvalue weighted by molar-refractivity contribution is 5.98. The van der Waals surface area contributed by atoms with E-state index in [-0.39, 0.29) is 0 Å². The second-order valence-corrected chi connectivity index (χ2v) is 4.60. The van der Waals surface area contributed by atoms with E-state index in [2.05, 4.69) is 32.6 Å². The van der Waals surface area contributed by atoms with Crippen molar-refractivity contribution in [2.45, 2.75) is 59.7 Å². The molecular formula is C11H27NO3Si. The molecule has 0 aromatic rings. The molecule has 0 aromatic heterocycles. The maximum Gasteiger partial charge on any atom is 0.343 e. The minimum atomic E-state index is -1.00. The van der Waals surface area contributed by atoms with Crippen molar-refractivity contribution in [1.82, 2.24) is 4.90 Å². The Hall–Kier alpha value is 0.0569. The zero-order valence-corrected chi connectivity index (χ0v) is 13.7. The molecule has 0 rings (SSSR count). The standard InChI is InChI=1S/C11H27NO3Si/c1-7-13-11(15-16,14-8-2)12(9(3)4)10(5)6/h9-10H,7-8H2,1-6,16H3. The lowest BCUT2D eigenvalue weighted by molar-refractivity contribution is -0.423. The molecule has 0 heterocycles. The van der Waals surface area contributed by atoms with Gasteiger partial charge in [-0.1, -0.05) is 0 Å². The summed E-state index contributed by atoms with van der Waals surface area (Å²) in [6.45, 7) is 13.5. The van der Waals surface area contributed by atoms with Crippen molar-refractivity contribution in [3.63, 3.8) is 0 Å². The molecule has 0 unspecified atom stereocenters. The zero-order chi connectivity index (χ0) is 12.8. The molecule has 5 heteroatoms. The van der Waals surface area contributed by atoms with E-state index in [1.165, 1.54) is 0 Å². The van der Waals surface area contributed by atoms with Gasteiger partial charge in [0.1, 0.15) is 0 Å². The van der Waals surface area contributed by atoms with E-state index < -0.39 is 6.10 Å². The monoisotopic (exact) mass is 249 g/mol. The van der Waals surface area contributed by atoms with E-state index in [9.17, 15) is 0 Å². The Morgan fingerprint density at radius 2 is 1.38 bits per heavy atom. The number of ether oxygens (including phenoxy) is 2. The van der Waals surface area contributed by atoms with Crippen LogP contribution in [0.5, 0.6) is 0 Å². The summed E-state index contributed by atoms with van der Waals surface area (Å²) in [4.78, 5) is 2.12. The average molecular weight is 249 g/mol. The van der Waals surface area contributed by atoms with Crippen LogP contribution in [0.1, 0.15) is 41.5 Å². The van der Waals surface area contributed by atoms with Gasteiger partial charge in [-0.25, -0.2) is 4.90 Å². The van der Waals surface area contributed by atoms with Crippen molar-refractivity contribution in [1.29, 1.82) is 0 Å². The van der Waals surface area contributed by atoms with Gasteiger partial charge in [-0.2, -0.15) is 0 Å². The molecule has 0 saturated heterocycles. The number of nitrogens with zero attached hydrogens (tertiary/aromatic N) is 1. The van der Waals surface area contributed by atoms with Gasteiger partial charge in [-0.3, -0.25) is 0 Å². The molecule has 0 fully saturated rings. The van der Waals surface area contributed by atoms with Crippen LogP contribution in [-0.2, 0) is 13.9 Å². The van der Waals surface area contributed by atoms with Gasteiger partial charge >= 0.3 is 6.10 Å². The molecule has 0 aliphatic carbocycles. The third kappa shape index (κ3) is 3.82. The molecular weight excluding hydrogens is 222 g/mol. The Morgan fingerprint density at radius 3 is 1.56 bits per heavy atom. The van der Waals surface area contributed by atoms with Crippen molar-refractivity contribution in [2.24, 2.45) is 0 Å². The largest absolute Gasteiger partial charge is 0.367 e. The highest BCUT2D eigenvalue weighted by Crippen LogP contribution is 2.25. The van der Waals surface area contributed by atoms with Gasteiger partial charge < -0.3 is 13.9 Å². The molecule has 0 radical (unpaired) electrons. The maximum absolute atomic E-state index is 5.72. The van der Waals surface area contributed by atoms with E-state index >= 15 is 0 Å². The van der Waals surface area contributed by atoms with Gasteiger partial charge in [0.2, 0.25) is 0 Å². The average Bonchev–Trinajstić information content (AvgIpc) is 2.17. The van der Waals surface area contributed by atoms with Crippen LogP contribution in [-0.4, -0.2) is 46.8 Å². The van der Waals surface area contributed by atoms with E-state index in [0.29, 0.717) is 35.8 Å². The highest BCUT2D eigenvalue weighted by Gasteiger charge is 2.42. The number of rotatable bonds is 8. The first-order valence-corrected chi connectivity index (χ1v) is 6.88. The second kappa shape index (κ2) is 7.40. The Balaban J connectivity index is 5.06. The predicted octanol–water partition coefficient (Wildman–Crippen LogP) is 1.09. The van der Waals surface area contributed by atoms with Crippen LogP contribution in [0.15, 0.2) is 0 Å².